The van der Waals surface area contributed by atoms with Gasteiger partial charge in [-0.15, -0.1) is 0 Å². The molecule has 2 aromatic carbocycles. The van der Waals surface area contributed by atoms with Crippen molar-refractivity contribution in [3.63, 3.8) is 0 Å². The number of benzene rings is 2. The molecule has 4 heteroatoms. The van der Waals surface area contributed by atoms with Gasteiger partial charge in [-0.25, -0.2) is 0 Å². The third-order valence-corrected chi connectivity index (χ3v) is 5.65. The number of nitrogens with zero attached hydrogens (tertiary/aromatic N) is 1. The number of rotatable bonds is 7. The molecule has 1 N–H and O–H groups in total. The minimum absolute atomic E-state index is 0.783. The van der Waals surface area contributed by atoms with Crippen molar-refractivity contribution in [2.24, 2.45) is 0 Å². The molecule has 1 aliphatic heterocycles. The van der Waals surface area contributed by atoms with Crippen LogP contribution in [0.3, 0.4) is 0 Å². The summed E-state index contributed by atoms with van der Waals surface area (Å²) in [7, 11) is 0. The average Bonchev–Trinajstić information content (AvgIpc) is 2.63. The summed E-state index contributed by atoms with van der Waals surface area (Å²) in [5.41, 5.74) is 1.13. The molecule has 1 saturated heterocycles. The summed E-state index contributed by atoms with van der Waals surface area (Å²) in [6.45, 7) is 4.71. The maximum atomic E-state index is 6.20. The molecule has 1 fully saturated rings. The highest BCUT2D eigenvalue weighted by Gasteiger charge is 2.09. The summed E-state index contributed by atoms with van der Waals surface area (Å²) < 4.78 is 0. The fourth-order valence-electron chi connectivity index (χ4n) is 3.05. The van der Waals surface area contributed by atoms with Crippen LogP contribution in [0.4, 0.5) is 5.69 Å². The van der Waals surface area contributed by atoms with E-state index in [9.17, 15) is 0 Å². The minimum Gasteiger partial charge on any atom is -0.384 e. The molecular formula is C20H25ClN2S. The maximum Gasteiger partial charge on any atom is 0.0496 e. The van der Waals surface area contributed by atoms with E-state index in [-0.39, 0.29) is 0 Å². The van der Waals surface area contributed by atoms with Gasteiger partial charge in [0, 0.05) is 27.0 Å². The molecule has 24 heavy (non-hydrogen) atoms. The fraction of sp³-hybridized carbons (Fsp3) is 0.400. The van der Waals surface area contributed by atoms with Crippen molar-refractivity contribution < 1.29 is 0 Å². The number of piperidine rings is 1. The van der Waals surface area contributed by atoms with Gasteiger partial charge in [-0.3, -0.25) is 0 Å². The molecule has 0 amide bonds. The predicted molar refractivity (Wildman–Crippen MR) is 105 cm³/mol. The Kier molecular flexibility index (Phi) is 6.88. The van der Waals surface area contributed by atoms with Gasteiger partial charge < -0.3 is 10.2 Å². The van der Waals surface area contributed by atoms with Crippen LogP contribution in [-0.4, -0.2) is 31.1 Å². The summed E-state index contributed by atoms with van der Waals surface area (Å²) in [5.74, 6) is 0. The highest BCUT2D eigenvalue weighted by atomic mass is 35.5. The summed E-state index contributed by atoms with van der Waals surface area (Å²) in [6, 6.07) is 16.6. The summed E-state index contributed by atoms with van der Waals surface area (Å²) in [4.78, 5) is 5.06. The molecule has 0 radical (unpaired) electrons. The smallest absolute Gasteiger partial charge is 0.0496 e. The maximum absolute atomic E-state index is 6.20. The third-order valence-electron chi connectivity index (χ3n) is 4.33. The van der Waals surface area contributed by atoms with E-state index < -0.39 is 0 Å². The highest BCUT2D eigenvalue weighted by molar-refractivity contribution is 7.99. The Hall–Kier alpha value is -1.16. The second-order valence-electron chi connectivity index (χ2n) is 6.24. The number of anilines is 1. The van der Waals surface area contributed by atoms with Crippen molar-refractivity contribution in [1.29, 1.82) is 0 Å². The van der Waals surface area contributed by atoms with Gasteiger partial charge in [0.15, 0.2) is 0 Å². The second-order valence-corrected chi connectivity index (χ2v) is 7.79. The largest absolute Gasteiger partial charge is 0.384 e. The quantitative estimate of drug-likeness (QED) is 0.630. The lowest BCUT2D eigenvalue weighted by Crippen LogP contribution is -2.31. The molecule has 1 heterocycles. The van der Waals surface area contributed by atoms with Crippen LogP contribution in [0.5, 0.6) is 0 Å². The fourth-order valence-corrected chi connectivity index (χ4v) is 4.15. The van der Waals surface area contributed by atoms with Crippen LogP contribution in [0, 0.1) is 0 Å². The molecule has 2 nitrogen and oxygen atoms in total. The Labute approximate surface area is 154 Å². The van der Waals surface area contributed by atoms with E-state index in [1.165, 1.54) is 55.1 Å². The topological polar surface area (TPSA) is 15.3 Å². The molecule has 0 aliphatic carbocycles. The van der Waals surface area contributed by atoms with Crippen LogP contribution in [0.2, 0.25) is 5.02 Å². The van der Waals surface area contributed by atoms with Gasteiger partial charge in [-0.2, -0.15) is 0 Å². The van der Waals surface area contributed by atoms with Crippen molar-refractivity contribution in [2.75, 3.05) is 31.5 Å². The van der Waals surface area contributed by atoms with Crippen molar-refractivity contribution in [1.82, 2.24) is 4.90 Å². The van der Waals surface area contributed by atoms with Crippen molar-refractivity contribution in [3.05, 3.63) is 53.6 Å². The van der Waals surface area contributed by atoms with Gasteiger partial charge >= 0.3 is 0 Å². The predicted octanol–water partition coefficient (Wildman–Crippen LogP) is 5.78. The van der Waals surface area contributed by atoms with Gasteiger partial charge in [-0.1, -0.05) is 48.0 Å². The summed E-state index contributed by atoms with van der Waals surface area (Å²) >= 11 is 7.97. The molecule has 0 unspecified atom stereocenters. The normalized spacial score (nSPS) is 15.4. The Morgan fingerprint density at radius 3 is 2.58 bits per heavy atom. The SMILES string of the molecule is Clc1ccc(Sc2ccccc2)c(NCCCN2CCCCC2)c1. The molecule has 1 aliphatic rings. The molecule has 0 spiro atoms. The van der Waals surface area contributed by atoms with E-state index in [2.05, 4.69) is 40.5 Å². The van der Waals surface area contributed by atoms with Crippen molar-refractivity contribution in [2.45, 2.75) is 35.5 Å². The molecule has 0 atom stereocenters. The van der Waals surface area contributed by atoms with E-state index in [1.54, 1.807) is 11.8 Å². The van der Waals surface area contributed by atoms with E-state index in [4.69, 9.17) is 11.6 Å². The first-order valence-corrected chi connectivity index (χ1v) is 9.99. The van der Waals surface area contributed by atoms with E-state index >= 15 is 0 Å². The first kappa shape index (κ1) is 17.7. The standard InChI is InChI=1S/C20H25ClN2S/c21-17-10-11-20(24-18-8-3-1-4-9-18)19(16-17)22-12-7-15-23-13-5-2-6-14-23/h1,3-4,8-11,16,22H,2,5-7,12-15H2. The van der Waals surface area contributed by atoms with Crippen LogP contribution >= 0.6 is 23.4 Å². The molecule has 3 rings (SSSR count). The van der Waals surface area contributed by atoms with E-state index in [0.29, 0.717) is 0 Å². The molecule has 2 aromatic rings. The number of nitrogens with one attached hydrogen (secondary N) is 1. The zero-order valence-electron chi connectivity index (χ0n) is 14.0. The summed E-state index contributed by atoms with van der Waals surface area (Å²) in [6.07, 6.45) is 5.29. The van der Waals surface area contributed by atoms with Crippen LogP contribution in [0.15, 0.2) is 58.3 Å². The Bertz CT molecular complexity index is 627. The van der Waals surface area contributed by atoms with Crippen molar-refractivity contribution >= 4 is 29.1 Å². The monoisotopic (exact) mass is 360 g/mol. The van der Waals surface area contributed by atoms with Crippen LogP contribution in [0.25, 0.3) is 0 Å². The number of likely N-dealkylation sites (tertiary alicyclic amines) is 1. The third kappa shape index (κ3) is 5.44. The number of hydrogen-bond donors (Lipinski definition) is 1. The van der Waals surface area contributed by atoms with Gasteiger partial charge in [0.2, 0.25) is 0 Å². The average molecular weight is 361 g/mol. The zero-order valence-corrected chi connectivity index (χ0v) is 15.6. The van der Waals surface area contributed by atoms with Gasteiger partial charge in [-0.05, 0) is 69.2 Å². The van der Waals surface area contributed by atoms with Gasteiger partial charge in [0.05, 0.1) is 0 Å². The second kappa shape index (κ2) is 9.36. The molecule has 0 bridgehead atoms. The lowest BCUT2D eigenvalue weighted by Gasteiger charge is -2.26. The molecular weight excluding hydrogens is 336 g/mol. The first-order valence-electron chi connectivity index (χ1n) is 8.80. The molecule has 0 aromatic heterocycles. The van der Waals surface area contributed by atoms with Crippen molar-refractivity contribution in [3.8, 4) is 0 Å². The van der Waals surface area contributed by atoms with E-state index in [1.807, 2.05) is 18.2 Å². The molecule has 0 saturated carbocycles. The number of halogens is 1. The van der Waals surface area contributed by atoms with Crippen LogP contribution in [0.1, 0.15) is 25.7 Å². The number of hydrogen-bond acceptors (Lipinski definition) is 3. The Morgan fingerprint density at radius 2 is 1.79 bits per heavy atom. The van der Waals surface area contributed by atoms with Crippen LogP contribution < -0.4 is 5.32 Å². The lowest BCUT2D eigenvalue weighted by molar-refractivity contribution is 0.228. The van der Waals surface area contributed by atoms with Crippen LogP contribution in [-0.2, 0) is 0 Å². The lowest BCUT2D eigenvalue weighted by atomic mass is 10.1. The highest BCUT2D eigenvalue weighted by Crippen LogP contribution is 2.35. The molecule has 128 valence electrons. The zero-order chi connectivity index (χ0) is 16.6. The summed E-state index contributed by atoms with van der Waals surface area (Å²) in [5, 5.41) is 4.37. The van der Waals surface area contributed by atoms with Gasteiger partial charge in [0.1, 0.15) is 0 Å². The van der Waals surface area contributed by atoms with Gasteiger partial charge in [0.25, 0.3) is 0 Å². The Morgan fingerprint density at radius 1 is 1.00 bits per heavy atom. The van der Waals surface area contributed by atoms with E-state index in [0.717, 1.165) is 17.3 Å². The Balaban J connectivity index is 1.54. The first-order chi connectivity index (χ1) is 11.8. The minimum atomic E-state index is 0.783.